The van der Waals surface area contributed by atoms with E-state index in [4.69, 9.17) is 27.9 Å². The Bertz CT molecular complexity index is 381. The summed E-state index contributed by atoms with van der Waals surface area (Å²) in [4.78, 5) is 0. The van der Waals surface area contributed by atoms with Crippen molar-refractivity contribution >= 4 is 23.2 Å². The predicted octanol–water partition coefficient (Wildman–Crippen LogP) is 3.79. The number of hydrogen-bond donors (Lipinski definition) is 1. The van der Waals surface area contributed by atoms with Crippen LogP contribution in [-0.4, -0.2) is 22.7 Å². The van der Waals surface area contributed by atoms with E-state index in [1.807, 2.05) is 30.3 Å². The molecule has 2 rings (SSSR count). The molecule has 1 aromatic rings. The fraction of sp³-hybridized carbons (Fsp3) is 0.600. The molecular weight excluding hydrogens is 283 g/mol. The van der Waals surface area contributed by atoms with Crippen LogP contribution in [0.3, 0.4) is 0 Å². The van der Waals surface area contributed by atoms with Gasteiger partial charge in [-0.1, -0.05) is 30.3 Å². The van der Waals surface area contributed by atoms with Gasteiger partial charge in [-0.25, -0.2) is 0 Å². The average molecular weight is 303 g/mol. The molecule has 2 atom stereocenters. The number of benzene rings is 1. The highest BCUT2D eigenvalue weighted by molar-refractivity contribution is 6.48. The van der Waals surface area contributed by atoms with Gasteiger partial charge in [0.05, 0.1) is 13.2 Å². The molecule has 0 aromatic heterocycles. The van der Waals surface area contributed by atoms with E-state index in [9.17, 15) is 5.11 Å². The Morgan fingerprint density at radius 2 is 1.95 bits per heavy atom. The summed E-state index contributed by atoms with van der Waals surface area (Å²) in [5.41, 5.74) is 1.15. The van der Waals surface area contributed by atoms with Crippen molar-refractivity contribution in [2.45, 2.75) is 30.2 Å². The summed E-state index contributed by atoms with van der Waals surface area (Å²) in [7, 11) is 0. The molecule has 1 saturated carbocycles. The molecule has 0 bridgehead atoms. The van der Waals surface area contributed by atoms with Crippen molar-refractivity contribution < 1.29 is 9.84 Å². The van der Waals surface area contributed by atoms with Crippen LogP contribution in [-0.2, 0) is 11.3 Å². The number of halogens is 2. The van der Waals surface area contributed by atoms with Crippen molar-refractivity contribution in [3.8, 4) is 0 Å². The van der Waals surface area contributed by atoms with E-state index in [2.05, 4.69) is 0 Å². The number of alkyl halides is 2. The van der Waals surface area contributed by atoms with Gasteiger partial charge in [-0.05, 0) is 36.7 Å². The minimum Gasteiger partial charge on any atom is -0.396 e. The van der Waals surface area contributed by atoms with E-state index in [-0.39, 0.29) is 18.4 Å². The van der Waals surface area contributed by atoms with Crippen molar-refractivity contribution in [2.75, 3.05) is 13.2 Å². The lowest BCUT2D eigenvalue weighted by Crippen LogP contribution is -2.35. The summed E-state index contributed by atoms with van der Waals surface area (Å²) in [6.07, 6.45) is 2.30. The third-order valence-corrected chi connectivity index (χ3v) is 4.47. The van der Waals surface area contributed by atoms with Crippen LogP contribution >= 0.6 is 23.2 Å². The second-order valence-corrected chi connectivity index (χ2v) is 6.94. The Kier molecular flexibility index (Phi) is 5.52. The van der Waals surface area contributed by atoms with Gasteiger partial charge in [0.1, 0.15) is 4.33 Å². The van der Waals surface area contributed by atoms with Crippen molar-refractivity contribution in [3.05, 3.63) is 35.9 Å². The van der Waals surface area contributed by atoms with Crippen molar-refractivity contribution in [1.82, 2.24) is 0 Å². The van der Waals surface area contributed by atoms with Gasteiger partial charge in [0, 0.05) is 6.61 Å². The van der Waals surface area contributed by atoms with E-state index in [0.717, 1.165) is 18.4 Å². The zero-order valence-electron chi connectivity index (χ0n) is 10.9. The van der Waals surface area contributed by atoms with Gasteiger partial charge in [-0.15, -0.1) is 23.2 Å². The quantitative estimate of drug-likeness (QED) is 0.839. The molecule has 0 radical (unpaired) electrons. The maximum Gasteiger partial charge on any atom is 0.118 e. The van der Waals surface area contributed by atoms with Gasteiger partial charge in [0.25, 0.3) is 0 Å². The van der Waals surface area contributed by atoms with E-state index in [0.29, 0.717) is 19.6 Å². The molecule has 1 N–H and O–H groups in total. The molecule has 0 spiro atoms. The molecule has 1 aromatic carbocycles. The van der Waals surface area contributed by atoms with Crippen LogP contribution in [0, 0.1) is 11.8 Å². The average Bonchev–Trinajstić information content (AvgIpc) is 2.39. The van der Waals surface area contributed by atoms with E-state index < -0.39 is 4.33 Å². The van der Waals surface area contributed by atoms with E-state index >= 15 is 0 Å². The minimum atomic E-state index is -0.660. The van der Waals surface area contributed by atoms with Gasteiger partial charge in [0.15, 0.2) is 0 Å². The van der Waals surface area contributed by atoms with Crippen LogP contribution in [0.5, 0.6) is 0 Å². The summed E-state index contributed by atoms with van der Waals surface area (Å²) in [5, 5.41) is 9.41. The molecule has 2 nitrogen and oxygen atoms in total. The topological polar surface area (TPSA) is 29.5 Å². The second-order valence-electron chi connectivity index (χ2n) is 5.30. The van der Waals surface area contributed by atoms with Crippen LogP contribution in [0.25, 0.3) is 0 Å². The maximum atomic E-state index is 9.41. The number of aliphatic hydroxyl groups excluding tert-OH is 1. The third kappa shape index (κ3) is 4.64. The first kappa shape index (κ1) is 15.1. The smallest absolute Gasteiger partial charge is 0.118 e. The normalized spacial score (nSPS) is 26.3. The third-order valence-electron chi connectivity index (χ3n) is 3.79. The van der Waals surface area contributed by atoms with Gasteiger partial charge in [-0.3, -0.25) is 0 Å². The monoisotopic (exact) mass is 302 g/mol. The Hall–Kier alpha value is -0.280. The summed E-state index contributed by atoms with van der Waals surface area (Å²) in [5.74, 6) is 0.485. The summed E-state index contributed by atoms with van der Waals surface area (Å²) in [6.45, 7) is 1.37. The fourth-order valence-corrected chi connectivity index (χ4v) is 3.24. The molecule has 0 aliphatic heterocycles. The molecule has 1 aliphatic rings. The molecule has 1 fully saturated rings. The Morgan fingerprint density at radius 1 is 1.21 bits per heavy atom. The first-order valence-electron chi connectivity index (χ1n) is 6.71. The highest BCUT2D eigenvalue weighted by Gasteiger charge is 2.37. The molecule has 0 unspecified atom stereocenters. The largest absolute Gasteiger partial charge is 0.396 e. The zero-order chi connectivity index (χ0) is 13.7. The van der Waals surface area contributed by atoms with Crippen LogP contribution < -0.4 is 0 Å². The van der Waals surface area contributed by atoms with Gasteiger partial charge < -0.3 is 9.84 Å². The van der Waals surface area contributed by atoms with E-state index in [1.165, 1.54) is 0 Å². The van der Waals surface area contributed by atoms with Crippen LogP contribution in [0.1, 0.15) is 24.8 Å². The Morgan fingerprint density at radius 3 is 2.63 bits per heavy atom. The number of hydrogen-bond acceptors (Lipinski definition) is 2. The first-order valence-corrected chi connectivity index (χ1v) is 7.47. The summed E-state index contributed by atoms with van der Waals surface area (Å²) in [6, 6.07) is 10.1. The molecular formula is C15H20Cl2O2. The van der Waals surface area contributed by atoms with Crippen molar-refractivity contribution in [2.24, 2.45) is 11.8 Å². The van der Waals surface area contributed by atoms with Gasteiger partial charge in [0.2, 0.25) is 0 Å². The van der Waals surface area contributed by atoms with Crippen molar-refractivity contribution in [1.29, 1.82) is 0 Å². The van der Waals surface area contributed by atoms with Crippen LogP contribution in [0.2, 0.25) is 0 Å². The summed E-state index contributed by atoms with van der Waals surface area (Å²) < 4.78 is 5.10. The highest BCUT2D eigenvalue weighted by atomic mass is 35.5. The summed E-state index contributed by atoms with van der Waals surface area (Å²) >= 11 is 12.4. The first-order chi connectivity index (χ1) is 9.11. The number of aliphatic hydroxyl groups is 1. The molecule has 1 aliphatic carbocycles. The van der Waals surface area contributed by atoms with Gasteiger partial charge >= 0.3 is 0 Å². The second kappa shape index (κ2) is 6.94. The lowest BCUT2D eigenvalue weighted by Gasteiger charge is -2.36. The maximum absolute atomic E-state index is 9.41. The molecule has 0 saturated heterocycles. The molecule has 19 heavy (non-hydrogen) atoms. The van der Waals surface area contributed by atoms with Gasteiger partial charge in [-0.2, -0.15) is 0 Å². The molecule has 106 valence electrons. The zero-order valence-corrected chi connectivity index (χ0v) is 12.4. The highest BCUT2D eigenvalue weighted by Crippen LogP contribution is 2.43. The predicted molar refractivity (Wildman–Crippen MR) is 78.5 cm³/mol. The number of ether oxygens (including phenoxy) is 1. The SMILES string of the molecule is OC[C@@H]1CCC(Cl)(Cl)C[C@@H]1COCc1ccccc1. The molecule has 0 heterocycles. The molecule has 0 amide bonds. The standard InChI is InChI=1S/C15H20Cl2O2/c16-15(17)7-6-13(9-18)14(8-15)11-19-10-12-4-2-1-3-5-12/h1-5,13-14,18H,6-11H2/t13-,14+/m0/s1. The minimum absolute atomic E-state index is 0.184. The fourth-order valence-electron chi connectivity index (χ4n) is 2.62. The Labute approximate surface area is 124 Å². The van der Waals surface area contributed by atoms with Crippen LogP contribution in [0.15, 0.2) is 30.3 Å². The molecule has 4 heteroatoms. The van der Waals surface area contributed by atoms with Crippen molar-refractivity contribution in [3.63, 3.8) is 0 Å². The van der Waals surface area contributed by atoms with E-state index in [1.54, 1.807) is 0 Å². The van der Waals surface area contributed by atoms with Crippen LogP contribution in [0.4, 0.5) is 0 Å². The lowest BCUT2D eigenvalue weighted by molar-refractivity contribution is 0.0290. The Balaban J connectivity index is 1.82. The number of rotatable bonds is 5. The lowest BCUT2D eigenvalue weighted by atomic mass is 9.79.